The maximum atomic E-state index is 13.9. The van der Waals surface area contributed by atoms with Gasteiger partial charge in [-0.3, -0.25) is 19.9 Å². The number of carbonyl (C=O) groups excluding carboxylic acids is 1. The predicted octanol–water partition coefficient (Wildman–Crippen LogP) is 3.28. The van der Waals surface area contributed by atoms with E-state index in [9.17, 15) is 23.1 Å². The molecule has 1 aliphatic heterocycles. The molecule has 1 atom stereocenters. The minimum absolute atomic E-state index is 0.0151. The van der Waals surface area contributed by atoms with Gasteiger partial charge in [-0.1, -0.05) is 24.3 Å². The lowest BCUT2D eigenvalue weighted by Crippen LogP contribution is -2.41. The number of nitrogens with zero attached hydrogens (tertiary/aromatic N) is 1. The van der Waals surface area contributed by atoms with E-state index in [0.717, 1.165) is 33.7 Å². The van der Waals surface area contributed by atoms with E-state index in [1.165, 1.54) is 6.07 Å². The van der Waals surface area contributed by atoms with Crippen molar-refractivity contribution in [2.24, 2.45) is 5.73 Å². The van der Waals surface area contributed by atoms with E-state index >= 15 is 0 Å². The molecule has 3 heterocycles. The van der Waals surface area contributed by atoms with Crippen LogP contribution in [0.4, 0.5) is 5.69 Å². The molecule has 13 nitrogen and oxygen atoms in total. The molecule has 0 saturated heterocycles. The van der Waals surface area contributed by atoms with Crippen LogP contribution in [0.5, 0.6) is 5.75 Å². The van der Waals surface area contributed by atoms with Gasteiger partial charge in [-0.25, -0.2) is 13.2 Å². The molecule has 246 valence electrons. The highest BCUT2D eigenvalue weighted by atomic mass is 32.2. The Morgan fingerprint density at radius 3 is 2.70 bits per heavy atom. The fourth-order valence-electron chi connectivity index (χ4n) is 5.11. The van der Waals surface area contributed by atoms with Crippen molar-refractivity contribution in [2.45, 2.75) is 43.3 Å². The van der Waals surface area contributed by atoms with Crippen molar-refractivity contribution in [1.29, 1.82) is 5.41 Å². The lowest BCUT2D eigenvalue weighted by molar-refractivity contribution is -0.139. The molecule has 15 heteroatoms. The maximum Gasteiger partial charge on any atom is 0.326 e. The summed E-state index contributed by atoms with van der Waals surface area (Å²) in [5.74, 6) is -1.94. The summed E-state index contributed by atoms with van der Waals surface area (Å²) in [6.45, 7) is 1.79. The van der Waals surface area contributed by atoms with Gasteiger partial charge in [0.05, 0.1) is 18.0 Å². The smallest absolute Gasteiger partial charge is 0.326 e. The molecule has 0 aliphatic carbocycles. The summed E-state index contributed by atoms with van der Waals surface area (Å²) in [5, 5.41) is 26.8. The molecule has 47 heavy (non-hydrogen) atoms. The van der Waals surface area contributed by atoms with Crippen LogP contribution < -0.4 is 31.1 Å². The quantitative estimate of drug-likeness (QED) is 0.0555. The number of nitrogens with one attached hydrogen (secondary N) is 5. The van der Waals surface area contributed by atoms with Crippen molar-refractivity contribution in [3.05, 3.63) is 93.9 Å². The van der Waals surface area contributed by atoms with Crippen molar-refractivity contribution >= 4 is 44.9 Å². The molecular formula is C32H35N7O6S2. The molecule has 8 N–H and O–H groups in total. The van der Waals surface area contributed by atoms with E-state index in [-0.39, 0.29) is 40.1 Å². The number of anilines is 1. The lowest BCUT2D eigenvalue weighted by Gasteiger charge is -2.16. The number of sulfonamides is 1. The third-order valence-corrected chi connectivity index (χ3v) is 9.65. The number of benzene rings is 2. The van der Waals surface area contributed by atoms with Gasteiger partial charge in [0.15, 0.2) is 5.96 Å². The molecule has 1 aliphatic rings. The molecule has 0 radical (unpaired) electrons. The summed E-state index contributed by atoms with van der Waals surface area (Å²) in [6, 6.07) is 17.3. The number of aliphatic carboxylic acids is 1. The number of rotatable bonds is 15. The molecule has 1 amide bonds. The van der Waals surface area contributed by atoms with Crippen LogP contribution in [0.2, 0.25) is 0 Å². The molecule has 0 fully saturated rings. The Labute approximate surface area is 276 Å². The standard InChI is InChI=1S/C32H35N7O6S2/c33-32(34)37-12-4-8-26(31(41)42)38-30(40)29-25(10-14-46-29)39-47(43,44)27-17-23(16-22-9-13-45-28(22)27)21-6-3-5-20(15-21)18-35-19-24-7-1-2-11-36-24/h1-3,5-7,10-11,14-17,26,35,39H,4,8-9,12-13,18-19H2,(H,38,40)(H,41,42)(H4,33,34,37)/t26-/m0/s1. The number of guanidine groups is 1. The topological polar surface area (TPSA) is 209 Å². The van der Waals surface area contributed by atoms with Crippen LogP contribution >= 0.6 is 11.3 Å². The highest BCUT2D eigenvalue weighted by Gasteiger charge is 2.29. The Kier molecular flexibility index (Phi) is 10.7. The fraction of sp³-hybridized carbons (Fsp3) is 0.250. The van der Waals surface area contributed by atoms with Crippen LogP contribution in [0.3, 0.4) is 0 Å². The number of nitrogens with two attached hydrogens (primary N) is 1. The monoisotopic (exact) mass is 677 g/mol. The van der Waals surface area contributed by atoms with Gasteiger partial charge in [-0.15, -0.1) is 11.3 Å². The summed E-state index contributed by atoms with van der Waals surface area (Å²) in [5.41, 5.74) is 9.51. The summed E-state index contributed by atoms with van der Waals surface area (Å²) in [7, 11) is -4.24. The number of pyridine rings is 1. The first kappa shape index (κ1) is 33.4. The van der Waals surface area contributed by atoms with Gasteiger partial charge in [-0.05, 0) is 76.9 Å². The van der Waals surface area contributed by atoms with Crippen molar-refractivity contribution in [3.63, 3.8) is 0 Å². The molecule has 0 bridgehead atoms. The van der Waals surface area contributed by atoms with Gasteiger partial charge < -0.3 is 31.5 Å². The molecule has 2 aromatic heterocycles. The Balaban J connectivity index is 1.33. The highest BCUT2D eigenvalue weighted by molar-refractivity contribution is 7.92. The third kappa shape index (κ3) is 8.64. The Morgan fingerprint density at radius 2 is 1.94 bits per heavy atom. The van der Waals surface area contributed by atoms with E-state index in [1.54, 1.807) is 17.6 Å². The second-order valence-corrected chi connectivity index (χ2v) is 13.4. The van der Waals surface area contributed by atoms with E-state index in [2.05, 4.69) is 25.7 Å². The second kappa shape index (κ2) is 15.1. The van der Waals surface area contributed by atoms with Gasteiger partial charge in [0.2, 0.25) is 0 Å². The molecule has 0 spiro atoms. The molecule has 2 aromatic carbocycles. The fourth-order valence-corrected chi connectivity index (χ4v) is 7.22. The van der Waals surface area contributed by atoms with Crippen molar-refractivity contribution in [2.75, 3.05) is 17.9 Å². The zero-order valence-electron chi connectivity index (χ0n) is 25.3. The van der Waals surface area contributed by atoms with Gasteiger partial charge in [0.25, 0.3) is 15.9 Å². The largest absolute Gasteiger partial charge is 0.492 e. The first-order valence-corrected chi connectivity index (χ1v) is 17.2. The average molecular weight is 678 g/mol. The predicted molar refractivity (Wildman–Crippen MR) is 179 cm³/mol. The zero-order chi connectivity index (χ0) is 33.4. The van der Waals surface area contributed by atoms with Crippen molar-refractivity contribution in [3.8, 4) is 16.9 Å². The molecule has 0 saturated carbocycles. The number of hydrogen-bond acceptors (Lipinski definition) is 9. The number of carboxylic acids is 1. The van der Waals surface area contributed by atoms with E-state index in [1.807, 2.05) is 48.5 Å². The molecule has 5 rings (SSSR count). The van der Waals surface area contributed by atoms with Gasteiger partial charge in [-0.2, -0.15) is 0 Å². The minimum Gasteiger partial charge on any atom is -0.492 e. The number of fused-ring (bicyclic) bond motifs is 1. The number of amides is 1. The van der Waals surface area contributed by atoms with E-state index < -0.39 is 27.9 Å². The number of hydrogen-bond donors (Lipinski definition) is 7. The Morgan fingerprint density at radius 1 is 1.09 bits per heavy atom. The van der Waals surface area contributed by atoms with Gasteiger partial charge in [0, 0.05) is 32.3 Å². The van der Waals surface area contributed by atoms with Crippen LogP contribution in [0, 0.1) is 5.41 Å². The Bertz CT molecular complexity index is 1860. The maximum absolute atomic E-state index is 13.9. The first-order valence-electron chi connectivity index (χ1n) is 14.8. The number of ether oxygens (including phenoxy) is 1. The van der Waals surface area contributed by atoms with Crippen LogP contribution in [0.25, 0.3) is 11.1 Å². The summed E-state index contributed by atoms with van der Waals surface area (Å²) >= 11 is 0.981. The summed E-state index contributed by atoms with van der Waals surface area (Å²) < 4.78 is 36.0. The van der Waals surface area contributed by atoms with E-state index in [0.29, 0.717) is 38.1 Å². The van der Waals surface area contributed by atoms with Gasteiger partial charge in [0.1, 0.15) is 21.6 Å². The number of carboxylic acid groups (broad SMARTS) is 1. The van der Waals surface area contributed by atoms with Crippen LogP contribution in [-0.2, 0) is 34.3 Å². The van der Waals surface area contributed by atoms with Crippen LogP contribution in [-0.4, -0.2) is 55.5 Å². The Hall–Kier alpha value is -4.99. The number of aromatic nitrogens is 1. The lowest BCUT2D eigenvalue weighted by atomic mass is 10.00. The zero-order valence-corrected chi connectivity index (χ0v) is 26.9. The van der Waals surface area contributed by atoms with Crippen LogP contribution in [0.1, 0.15) is 39.3 Å². The summed E-state index contributed by atoms with van der Waals surface area (Å²) in [4.78, 5) is 29.2. The minimum atomic E-state index is -4.24. The average Bonchev–Trinajstić information content (AvgIpc) is 3.72. The van der Waals surface area contributed by atoms with Gasteiger partial charge >= 0.3 is 5.97 Å². The third-order valence-electron chi connectivity index (χ3n) is 7.37. The summed E-state index contributed by atoms with van der Waals surface area (Å²) in [6.07, 6.45) is 2.69. The van der Waals surface area contributed by atoms with E-state index in [4.69, 9.17) is 15.9 Å². The highest BCUT2D eigenvalue weighted by Crippen LogP contribution is 2.39. The molecular weight excluding hydrogens is 643 g/mol. The second-order valence-electron chi connectivity index (χ2n) is 10.8. The van der Waals surface area contributed by atoms with Crippen LogP contribution in [0.15, 0.2) is 77.1 Å². The molecule has 4 aromatic rings. The first-order chi connectivity index (χ1) is 22.6. The SMILES string of the molecule is N=C(N)NCCC[C@H](NC(=O)c1sccc1NS(=O)(=O)c1cc(-c2cccc(CNCc3ccccn3)c2)cc2c1OCC2)C(=O)O. The normalized spacial score (nSPS) is 12.9. The van der Waals surface area contributed by atoms with Crippen molar-refractivity contribution < 1.29 is 27.9 Å². The molecule has 0 unspecified atom stereocenters. The number of carbonyl (C=O) groups is 2. The van der Waals surface area contributed by atoms with Crippen molar-refractivity contribution in [1.82, 2.24) is 20.9 Å². The number of thiophene rings is 1.